The van der Waals surface area contributed by atoms with E-state index in [1.165, 1.54) is 12.4 Å². The van der Waals surface area contributed by atoms with Crippen molar-refractivity contribution < 1.29 is 4.39 Å². The number of hydrogen-bond donors (Lipinski definition) is 1. The highest BCUT2D eigenvalue weighted by atomic mass is 35.5. The van der Waals surface area contributed by atoms with Crippen LogP contribution >= 0.6 is 11.6 Å². The Bertz CT molecular complexity index is 582. The van der Waals surface area contributed by atoms with Crippen LogP contribution in [-0.4, -0.2) is 14.8 Å². The number of benzene rings is 1. The second-order valence-corrected chi connectivity index (χ2v) is 5.64. The lowest BCUT2D eigenvalue weighted by atomic mass is 10.0. The third-order valence-corrected chi connectivity index (χ3v) is 3.30. The summed E-state index contributed by atoms with van der Waals surface area (Å²) < 4.78 is 15.0. The Hall–Kier alpha value is -1.46. The fraction of sp³-hybridized carbons (Fsp3) is 0.429. The standard InChI is InChI=1S/C14H18ClFN4/c1-9(2)7-20-14(18-8-19-20)6-13(17)10-3-4-12(16)11(15)5-10/h3-5,8-9,13H,6-7,17H2,1-2H3. The smallest absolute Gasteiger partial charge is 0.141 e. The van der Waals surface area contributed by atoms with Crippen LogP contribution in [0, 0.1) is 11.7 Å². The van der Waals surface area contributed by atoms with E-state index in [1.54, 1.807) is 12.1 Å². The Kier molecular flexibility index (Phi) is 4.73. The minimum absolute atomic E-state index is 0.0848. The largest absolute Gasteiger partial charge is 0.324 e. The van der Waals surface area contributed by atoms with E-state index in [4.69, 9.17) is 17.3 Å². The molecular weight excluding hydrogens is 279 g/mol. The Morgan fingerprint density at radius 3 is 2.80 bits per heavy atom. The summed E-state index contributed by atoms with van der Waals surface area (Å²) in [6, 6.07) is 4.25. The van der Waals surface area contributed by atoms with E-state index < -0.39 is 5.82 Å². The van der Waals surface area contributed by atoms with Crippen LogP contribution in [0.5, 0.6) is 0 Å². The summed E-state index contributed by atoms with van der Waals surface area (Å²) in [5.41, 5.74) is 6.93. The molecule has 2 N–H and O–H groups in total. The average molecular weight is 297 g/mol. The minimum atomic E-state index is -0.439. The molecule has 2 rings (SSSR count). The Morgan fingerprint density at radius 1 is 1.40 bits per heavy atom. The number of hydrogen-bond acceptors (Lipinski definition) is 3. The lowest BCUT2D eigenvalue weighted by Crippen LogP contribution is -2.18. The molecule has 2 aromatic rings. The molecule has 1 atom stereocenters. The van der Waals surface area contributed by atoms with Crippen LogP contribution in [0.2, 0.25) is 5.02 Å². The SMILES string of the molecule is CC(C)Cn1ncnc1CC(N)c1ccc(F)c(Cl)c1. The van der Waals surface area contributed by atoms with Crippen LogP contribution in [0.1, 0.15) is 31.3 Å². The predicted octanol–water partition coefficient (Wildman–Crippen LogP) is 2.97. The van der Waals surface area contributed by atoms with E-state index in [9.17, 15) is 4.39 Å². The number of nitrogens with zero attached hydrogens (tertiary/aromatic N) is 3. The first-order valence-electron chi connectivity index (χ1n) is 6.54. The van der Waals surface area contributed by atoms with Gasteiger partial charge in [-0.3, -0.25) is 0 Å². The first-order valence-corrected chi connectivity index (χ1v) is 6.92. The average Bonchev–Trinajstić information content (AvgIpc) is 2.79. The van der Waals surface area contributed by atoms with Gasteiger partial charge in [0.2, 0.25) is 0 Å². The maximum Gasteiger partial charge on any atom is 0.141 e. The van der Waals surface area contributed by atoms with Gasteiger partial charge in [0.25, 0.3) is 0 Å². The van der Waals surface area contributed by atoms with Gasteiger partial charge in [0.05, 0.1) is 5.02 Å². The topological polar surface area (TPSA) is 56.7 Å². The summed E-state index contributed by atoms with van der Waals surface area (Å²) in [5.74, 6) is 0.865. The van der Waals surface area contributed by atoms with E-state index >= 15 is 0 Å². The number of nitrogens with two attached hydrogens (primary N) is 1. The van der Waals surface area contributed by atoms with Crippen LogP contribution in [-0.2, 0) is 13.0 Å². The molecule has 0 spiro atoms. The van der Waals surface area contributed by atoms with Crippen LogP contribution in [0.4, 0.5) is 4.39 Å². The van der Waals surface area contributed by atoms with Gasteiger partial charge in [-0.05, 0) is 23.6 Å². The highest BCUT2D eigenvalue weighted by Gasteiger charge is 2.14. The Balaban J connectivity index is 2.13. The molecular formula is C14H18ClFN4. The van der Waals surface area contributed by atoms with Gasteiger partial charge >= 0.3 is 0 Å². The summed E-state index contributed by atoms with van der Waals surface area (Å²) in [6.45, 7) is 5.03. The molecule has 0 aliphatic carbocycles. The zero-order chi connectivity index (χ0) is 14.7. The molecule has 20 heavy (non-hydrogen) atoms. The third-order valence-electron chi connectivity index (χ3n) is 3.01. The van der Waals surface area contributed by atoms with Gasteiger partial charge in [0.1, 0.15) is 18.0 Å². The summed E-state index contributed by atoms with van der Waals surface area (Å²) in [6.07, 6.45) is 2.07. The zero-order valence-electron chi connectivity index (χ0n) is 11.6. The second kappa shape index (κ2) is 6.33. The third kappa shape index (κ3) is 3.55. The second-order valence-electron chi connectivity index (χ2n) is 5.24. The Morgan fingerprint density at radius 2 is 2.15 bits per heavy atom. The molecule has 1 unspecified atom stereocenters. The molecule has 0 fully saturated rings. The van der Waals surface area contributed by atoms with Gasteiger partial charge in [-0.1, -0.05) is 31.5 Å². The van der Waals surface area contributed by atoms with E-state index in [2.05, 4.69) is 23.9 Å². The van der Waals surface area contributed by atoms with Gasteiger partial charge in [-0.15, -0.1) is 0 Å². The van der Waals surface area contributed by atoms with Crippen molar-refractivity contribution in [3.8, 4) is 0 Å². The summed E-state index contributed by atoms with van der Waals surface area (Å²) >= 11 is 5.78. The van der Waals surface area contributed by atoms with E-state index in [1.807, 2.05) is 4.68 Å². The molecule has 0 aliphatic rings. The van der Waals surface area contributed by atoms with E-state index in [0.717, 1.165) is 17.9 Å². The fourth-order valence-electron chi connectivity index (χ4n) is 2.00. The van der Waals surface area contributed by atoms with Crippen LogP contribution in [0.15, 0.2) is 24.5 Å². The van der Waals surface area contributed by atoms with Gasteiger partial charge < -0.3 is 5.73 Å². The number of halogens is 2. The molecule has 0 aliphatic heterocycles. The van der Waals surface area contributed by atoms with Crippen molar-refractivity contribution in [3.05, 3.63) is 46.8 Å². The fourth-order valence-corrected chi connectivity index (χ4v) is 2.19. The molecule has 0 saturated heterocycles. The van der Waals surface area contributed by atoms with Crippen molar-refractivity contribution in [2.24, 2.45) is 11.7 Å². The van der Waals surface area contributed by atoms with Crippen LogP contribution in [0.25, 0.3) is 0 Å². The lowest BCUT2D eigenvalue weighted by Gasteiger charge is -2.14. The first kappa shape index (κ1) is 14.9. The van der Waals surface area contributed by atoms with Gasteiger partial charge in [-0.2, -0.15) is 5.10 Å². The van der Waals surface area contributed by atoms with Crippen molar-refractivity contribution in [3.63, 3.8) is 0 Å². The molecule has 0 saturated carbocycles. The van der Waals surface area contributed by atoms with Gasteiger partial charge in [0, 0.05) is 19.0 Å². The normalized spacial score (nSPS) is 12.9. The molecule has 1 aromatic carbocycles. The summed E-state index contributed by atoms with van der Waals surface area (Å²) in [7, 11) is 0. The molecule has 4 nitrogen and oxygen atoms in total. The molecule has 0 radical (unpaired) electrons. The zero-order valence-corrected chi connectivity index (χ0v) is 12.3. The molecule has 1 aromatic heterocycles. The number of rotatable bonds is 5. The van der Waals surface area contributed by atoms with Crippen LogP contribution in [0.3, 0.4) is 0 Å². The maximum absolute atomic E-state index is 13.1. The monoisotopic (exact) mass is 296 g/mol. The van der Waals surface area contributed by atoms with Crippen molar-refractivity contribution >= 4 is 11.6 Å². The molecule has 0 amide bonds. The minimum Gasteiger partial charge on any atom is -0.324 e. The van der Waals surface area contributed by atoms with Crippen molar-refractivity contribution in [2.45, 2.75) is 32.9 Å². The summed E-state index contributed by atoms with van der Waals surface area (Å²) in [4.78, 5) is 4.24. The molecule has 108 valence electrons. The van der Waals surface area contributed by atoms with Gasteiger partial charge in [-0.25, -0.2) is 14.1 Å². The molecule has 0 bridgehead atoms. The van der Waals surface area contributed by atoms with Gasteiger partial charge in [0.15, 0.2) is 0 Å². The van der Waals surface area contributed by atoms with Crippen LogP contribution < -0.4 is 5.73 Å². The summed E-state index contributed by atoms with van der Waals surface area (Å²) in [5, 5.41) is 4.28. The predicted molar refractivity (Wildman–Crippen MR) is 76.9 cm³/mol. The van der Waals surface area contributed by atoms with Crippen molar-refractivity contribution in [1.82, 2.24) is 14.8 Å². The molecule has 6 heteroatoms. The first-order chi connectivity index (χ1) is 9.47. The van der Waals surface area contributed by atoms with Crippen molar-refractivity contribution in [2.75, 3.05) is 0 Å². The van der Waals surface area contributed by atoms with E-state index in [0.29, 0.717) is 12.3 Å². The molecule has 1 heterocycles. The van der Waals surface area contributed by atoms with E-state index in [-0.39, 0.29) is 11.1 Å². The lowest BCUT2D eigenvalue weighted by molar-refractivity contribution is 0.459. The highest BCUT2D eigenvalue weighted by molar-refractivity contribution is 6.30. The Labute approximate surface area is 122 Å². The quantitative estimate of drug-likeness (QED) is 0.923. The maximum atomic E-state index is 13.1. The highest BCUT2D eigenvalue weighted by Crippen LogP contribution is 2.21. The number of aromatic nitrogens is 3. The van der Waals surface area contributed by atoms with Crippen molar-refractivity contribution in [1.29, 1.82) is 0 Å².